The SMILES string of the molecule is CC(C)(C)OC[C@@H]1OC[C@H](Cc2ccc(Br)cc2)NC1O. The minimum Gasteiger partial charge on any atom is -0.376 e. The molecule has 21 heavy (non-hydrogen) atoms. The number of hydrogen-bond acceptors (Lipinski definition) is 4. The topological polar surface area (TPSA) is 50.7 Å². The van der Waals surface area contributed by atoms with E-state index < -0.39 is 6.23 Å². The molecule has 1 fully saturated rings. The van der Waals surface area contributed by atoms with Crippen LogP contribution in [-0.4, -0.2) is 42.3 Å². The van der Waals surface area contributed by atoms with Crippen molar-refractivity contribution < 1.29 is 14.6 Å². The van der Waals surface area contributed by atoms with Crippen LogP contribution in [-0.2, 0) is 15.9 Å². The Morgan fingerprint density at radius 2 is 2.00 bits per heavy atom. The molecule has 1 saturated heterocycles. The maximum absolute atomic E-state index is 10.1. The van der Waals surface area contributed by atoms with E-state index in [1.165, 1.54) is 5.56 Å². The molecule has 1 aliphatic rings. The molecule has 0 bridgehead atoms. The standard InChI is InChI=1S/C16H24BrNO3/c1-16(2,3)21-10-14-15(19)18-13(9-20-14)8-11-4-6-12(17)7-5-11/h4-7,13-15,18-19H,8-10H2,1-3H3/t13-,14-,15?/m0/s1. The van der Waals surface area contributed by atoms with Gasteiger partial charge in [0.25, 0.3) is 0 Å². The minimum atomic E-state index is -0.693. The van der Waals surface area contributed by atoms with Gasteiger partial charge in [0.05, 0.1) is 18.8 Å². The number of ether oxygens (including phenoxy) is 2. The fourth-order valence-corrected chi connectivity index (χ4v) is 2.49. The van der Waals surface area contributed by atoms with Crippen LogP contribution in [0.5, 0.6) is 0 Å². The van der Waals surface area contributed by atoms with Crippen molar-refractivity contribution >= 4 is 15.9 Å². The van der Waals surface area contributed by atoms with Crippen molar-refractivity contribution in [2.24, 2.45) is 0 Å². The van der Waals surface area contributed by atoms with Crippen LogP contribution in [0.3, 0.4) is 0 Å². The Kier molecular flexibility index (Phi) is 5.80. The zero-order chi connectivity index (χ0) is 15.5. The molecule has 0 amide bonds. The van der Waals surface area contributed by atoms with E-state index in [9.17, 15) is 5.11 Å². The zero-order valence-electron chi connectivity index (χ0n) is 12.8. The number of halogens is 1. The molecule has 0 radical (unpaired) electrons. The first-order valence-electron chi connectivity index (χ1n) is 7.27. The second-order valence-electron chi connectivity index (χ2n) is 6.43. The molecule has 1 aliphatic heterocycles. The third-order valence-corrected chi connectivity index (χ3v) is 3.87. The maximum Gasteiger partial charge on any atom is 0.133 e. The molecule has 118 valence electrons. The number of aliphatic hydroxyl groups excluding tert-OH is 1. The van der Waals surface area contributed by atoms with Gasteiger partial charge in [-0.15, -0.1) is 0 Å². The van der Waals surface area contributed by atoms with Crippen LogP contribution < -0.4 is 5.32 Å². The van der Waals surface area contributed by atoms with Gasteiger partial charge in [0.1, 0.15) is 12.3 Å². The summed E-state index contributed by atoms with van der Waals surface area (Å²) in [6, 6.07) is 8.32. The summed E-state index contributed by atoms with van der Waals surface area (Å²) in [7, 11) is 0. The summed E-state index contributed by atoms with van der Waals surface area (Å²) in [5.41, 5.74) is 0.994. The van der Waals surface area contributed by atoms with Gasteiger partial charge in [0.15, 0.2) is 0 Å². The largest absolute Gasteiger partial charge is 0.376 e. The van der Waals surface area contributed by atoms with Crippen LogP contribution in [0.25, 0.3) is 0 Å². The lowest BCUT2D eigenvalue weighted by atomic mass is 10.0. The third kappa shape index (κ3) is 5.68. The molecule has 0 saturated carbocycles. The fraction of sp³-hybridized carbons (Fsp3) is 0.625. The molecule has 4 nitrogen and oxygen atoms in total. The number of benzene rings is 1. The van der Waals surface area contributed by atoms with Crippen LogP contribution in [0.2, 0.25) is 0 Å². The Morgan fingerprint density at radius 1 is 1.33 bits per heavy atom. The molecule has 1 heterocycles. The van der Waals surface area contributed by atoms with Gasteiger partial charge in [0, 0.05) is 10.5 Å². The molecule has 2 N–H and O–H groups in total. The van der Waals surface area contributed by atoms with E-state index >= 15 is 0 Å². The van der Waals surface area contributed by atoms with Gasteiger partial charge >= 0.3 is 0 Å². The van der Waals surface area contributed by atoms with Crippen molar-refractivity contribution in [1.29, 1.82) is 0 Å². The second kappa shape index (κ2) is 7.20. The van der Waals surface area contributed by atoms with Gasteiger partial charge in [-0.2, -0.15) is 0 Å². The van der Waals surface area contributed by atoms with Crippen LogP contribution in [0, 0.1) is 0 Å². The molecule has 1 aromatic rings. The molecular formula is C16H24BrNO3. The van der Waals surface area contributed by atoms with E-state index in [4.69, 9.17) is 9.47 Å². The molecule has 3 atom stereocenters. The maximum atomic E-state index is 10.1. The van der Waals surface area contributed by atoms with Crippen LogP contribution in [0.4, 0.5) is 0 Å². The lowest BCUT2D eigenvalue weighted by molar-refractivity contribution is -0.148. The Bertz CT molecular complexity index is 444. The zero-order valence-corrected chi connectivity index (χ0v) is 14.4. The first kappa shape index (κ1) is 16.9. The monoisotopic (exact) mass is 357 g/mol. The van der Waals surface area contributed by atoms with Gasteiger partial charge in [-0.3, -0.25) is 5.32 Å². The minimum absolute atomic E-state index is 0.118. The predicted molar refractivity (Wildman–Crippen MR) is 86.2 cm³/mol. The Labute approximate surface area is 135 Å². The first-order chi connectivity index (χ1) is 9.83. The van der Waals surface area contributed by atoms with Crippen molar-refractivity contribution in [3.63, 3.8) is 0 Å². The number of rotatable bonds is 4. The van der Waals surface area contributed by atoms with E-state index in [0.29, 0.717) is 13.2 Å². The highest BCUT2D eigenvalue weighted by Crippen LogP contribution is 2.16. The molecule has 1 aromatic carbocycles. The van der Waals surface area contributed by atoms with E-state index in [-0.39, 0.29) is 17.7 Å². The highest BCUT2D eigenvalue weighted by Gasteiger charge is 2.30. The molecular weight excluding hydrogens is 334 g/mol. The summed E-state index contributed by atoms with van der Waals surface area (Å²) in [6.07, 6.45) is -0.177. The van der Waals surface area contributed by atoms with Gasteiger partial charge in [-0.05, 0) is 44.9 Å². The van der Waals surface area contributed by atoms with Crippen LogP contribution in [0.1, 0.15) is 26.3 Å². The summed E-state index contributed by atoms with van der Waals surface area (Å²) in [6.45, 7) is 6.94. The van der Waals surface area contributed by atoms with Crippen molar-refractivity contribution in [2.75, 3.05) is 13.2 Å². The van der Waals surface area contributed by atoms with Crippen molar-refractivity contribution in [2.45, 2.75) is 51.2 Å². The third-order valence-electron chi connectivity index (χ3n) is 3.35. The van der Waals surface area contributed by atoms with Gasteiger partial charge in [-0.1, -0.05) is 28.1 Å². The average Bonchev–Trinajstić information content (AvgIpc) is 2.39. The van der Waals surface area contributed by atoms with Crippen LogP contribution >= 0.6 is 15.9 Å². The lowest BCUT2D eigenvalue weighted by Gasteiger charge is -2.36. The number of hydrogen-bond donors (Lipinski definition) is 2. The van der Waals surface area contributed by atoms with Gasteiger partial charge in [-0.25, -0.2) is 0 Å². The van der Waals surface area contributed by atoms with Crippen molar-refractivity contribution in [3.8, 4) is 0 Å². The molecule has 0 aliphatic carbocycles. The highest BCUT2D eigenvalue weighted by molar-refractivity contribution is 9.10. The number of morpholine rings is 1. The molecule has 0 aromatic heterocycles. The molecule has 5 heteroatoms. The van der Waals surface area contributed by atoms with E-state index in [1.807, 2.05) is 32.9 Å². The van der Waals surface area contributed by atoms with E-state index in [1.54, 1.807) is 0 Å². The van der Waals surface area contributed by atoms with E-state index in [2.05, 4.69) is 33.4 Å². The first-order valence-corrected chi connectivity index (χ1v) is 8.07. The lowest BCUT2D eigenvalue weighted by Crippen LogP contribution is -2.56. The smallest absolute Gasteiger partial charge is 0.133 e. The number of aliphatic hydroxyl groups is 1. The molecule has 2 rings (SSSR count). The quantitative estimate of drug-likeness (QED) is 0.868. The summed E-state index contributed by atoms with van der Waals surface area (Å²) >= 11 is 3.43. The second-order valence-corrected chi connectivity index (χ2v) is 7.35. The van der Waals surface area contributed by atoms with Crippen LogP contribution in [0.15, 0.2) is 28.7 Å². The summed E-state index contributed by atoms with van der Waals surface area (Å²) in [4.78, 5) is 0. The Morgan fingerprint density at radius 3 is 2.57 bits per heavy atom. The van der Waals surface area contributed by atoms with Crippen molar-refractivity contribution in [1.82, 2.24) is 5.32 Å². The predicted octanol–water partition coefficient (Wildman–Crippen LogP) is 2.48. The summed E-state index contributed by atoms with van der Waals surface area (Å²) < 4.78 is 12.5. The number of nitrogens with one attached hydrogen (secondary N) is 1. The average molecular weight is 358 g/mol. The fourth-order valence-electron chi connectivity index (χ4n) is 2.22. The molecule has 1 unspecified atom stereocenters. The molecule has 0 spiro atoms. The Balaban J connectivity index is 1.81. The van der Waals surface area contributed by atoms with Crippen molar-refractivity contribution in [3.05, 3.63) is 34.3 Å². The summed E-state index contributed by atoms with van der Waals surface area (Å²) in [5.74, 6) is 0. The van der Waals surface area contributed by atoms with Gasteiger partial charge < -0.3 is 14.6 Å². The van der Waals surface area contributed by atoms with E-state index in [0.717, 1.165) is 10.9 Å². The normalized spacial score (nSPS) is 26.8. The summed E-state index contributed by atoms with van der Waals surface area (Å²) in [5, 5.41) is 13.3. The highest BCUT2D eigenvalue weighted by atomic mass is 79.9. The Hall–Kier alpha value is -0.460. The van der Waals surface area contributed by atoms with Gasteiger partial charge in [0.2, 0.25) is 0 Å².